The van der Waals surface area contributed by atoms with E-state index in [0.29, 0.717) is 0 Å². The van der Waals surface area contributed by atoms with Crippen molar-refractivity contribution in [2.45, 2.75) is 12.8 Å². The smallest absolute Gasteiger partial charge is 0.205 e. The van der Waals surface area contributed by atoms with Crippen LogP contribution < -0.4 is 0 Å². The summed E-state index contributed by atoms with van der Waals surface area (Å²) in [5.41, 5.74) is 0. The summed E-state index contributed by atoms with van der Waals surface area (Å²) in [7, 11) is 0. The first-order valence-electron chi connectivity index (χ1n) is 3.68. The summed E-state index contributed by atoms with van der Waals surface area (Å²) in [4.78, 5) is 22.0. The first-order chi connectivity index (χ1) is 5.63. The Morgan fingerprint density at radius 1 is 1.25 bits per heavy atom. The van der Waals surface area contributed by atoms with Crippen LogP contribution in [0.5, 0.6) is 0 Å². The second kappa shape index (κ2) is 4.33. The first kappa shape index (κ1) is 10.1. The van der Waals surface area contributed by atoms with Crippen molar-refractivity contribution < 1.29 is 9.59 Å². The predicted octanol–water partition coefficient (Wildman–Crippen LogP) is 2.41. The fraction of sp³-hybridized carbons (Fsp3) is 0.500. The minimum atomic E-state index is -0.286. The minimum absolute atomic E-state index is 0.0790. The number of rotatable bonds is 2. The largest absolute Gasteiger partial charge is 0.286 e. The molecule has 2 atom stereocenters. The maximum atomic E-state index is 11.0. The van der Waals surface area contributed by atoms with Gasteiger partial charge in [-0.05, 0) is 44.7 Å². The average Bonchev–Trinajstić information content (AvgIpc) is 2.04. The van der Waals surface area contributed by atoms with Crippen LogP contribution in [0.2, 0.25) is 0 Å². The third-order valence-electron chi connectivity index (χ3n) is 1.97. The molecular formula is C8H8Br2O2. The number of hydrogen-bond donors (Lipinski definition) is 0. The van der Waals surface area contributed by atoms with Gasteiger partial charge < -0.3 is 0 Å². The molecule has 1 aliphatic carbocycles. The number of carbonyl (C=O) groups excluding carboxylic acids is 2. The van der Waals surface area contributed by atoms with Gasteiger partial charge in [0.2, 0.25) is 9.39 Å². The van der Waals surface area contributed by atoms with Gasteiger partial charge in [0.25, 0.3) is 0 Å². The van der Waals surface area contributed by atoms with Crippen molar-refractivity contribution in [1.29, 1.82) is 0 Å². The third kappa shape index (κ3) is 2.26. The fourth-order valence-electron chi connectivity index (χ4n) is 1.32. The van der Waals surface area contributed by atoms with Gasteiger partial charge in [0.15, 0.2) is 0 Å². The monoisotopic (exact) mass is 294 g/mol. The van der Waals surface area contributed by atoms with E-state index in [1.807, 2.05) is 6.08 Å². The van der Waals surface area contributed by atoms with E-state index in [4.69, 9.17) is 0 Å². The molecule has 0 saturated heterocycles. The van der Waals surface area contributed by atoms with Crippen LogP contribution in [0.1, 0.15) is 12.8 Å². The van der Waals surface area contributed by atoms with E-state index in [9.17, 15) is 9.59 Å². The van der Waals surface area contributed by atoms with Gasteiger partial charge in [-0.3, -0.25) is 9.59 Å². The first-order valence-corrected chi connectivity index (χ1v) is 5.27. The Morgan fingerprint density at radius 3 is 2.33 bits per heavy atom. The van der Waals surface area contributed by atoms with Crippen LogP contribution >= 0.6 is 31.9 Å². The minimum Gasteiger partial charge on any atom is -0.286 e. The van der Waals surface area contributed by atoms with Crippen molar-refractivity contribution in [3.05, 3.63) is 12.2 Å². The summed E-state index contributed by atoms with van der Waals surface area (Å²) in [6, 6.07) is 0. The highest BCUT2D eigenvalue weighted by Gasteiger charge is 2.30. The molecule has 0 N–H and O–H groups in total. The molecule has 0 aromatic rings. The molecule has 2 nitrogen and oxygen atoms in total. The molecule has 0 aromatic carbocycles. The Balaban J connectivity index is 2.79. The quantitative estimate of drug-likeness (QED) is 0.579. The van der Waals surface area contributed by atoms with Crippen molar-refractivity contribution in [3.63, 3.8) is 0 Å². The third-order valence-corrected chi connectivity index (χ3v) is 3.09. The Labute approximate surface area is 87.7 Å². The zero-order chi connectivity index (χ0) is 9.14. The summed E-state index contributed by atoms with van der Waals surface area (Å²) in [5, 5.41) is 0. The normalized spacial score (nSPS) is 28.5. The molecule has 12 heavy (non-hydrogen) atoms. The molecule has 0 amide bonds. The Kier molecular flexibility index (Phi) is 3.65. The maximum Gasteiger partial charge on any atom is 0.205 e. The lowest BCUT2D eigenvalue weighted by atomic mass is 9.86. The molecule has 0 radical (unpaired) electrons. The highest BCUT2D eigenvalue weighted by atomic mass is 79.9. The molecule has 0 aromatic heterocycles. The maximum absolute atomic E-state index is 11.0. The topological polar surface area (TPSA) is 34.1 Å². The van der Waals surface area contributed by atoms with E-state index in [1.165, 1.54) is 0 Å². The van der Waals surface area contributed by atoms with Crippen LogP contribution in [0.15, 0.2) is 12.2 Å². The molecule has 0 saturated carbocycles. The predicted molar refractivity (Wildman–Crippen MR) is 53.2 cm³/mol. The SMILES string of the molecule is O=C(Br)C1C=CCCC1C(=O)Br. The van der Waals surface area contributed by atoms with Gasteiger partial charge in [-0.25, -0.2) is 0 Å². The van der Waals surface area contributed by atoms with Gasteiger partial charge in [0, 0.05) is 5.92 Å². The van der Waals surface area contributed by atoms with Crippen molar-refractivity contribution >= 4 is 41.2 Å². The molecule has 0 heterocycles. The lowest BCUT2D eigenvalue weighted by Crippen LogP contribution is -2.25. The van der Waals surface area contributed by atoms with Gasteiger partial charge >= 0.3 is 0 Å². The van der Waals surface area contributed by atoms with Crippen LogP contribution in [-0.2, 0) is 9.59 Å². The van der Waals surface area contributed by atoms with Gasteiger partial charge in [0.1, 0.15) is 0 Å². The number of carbonyl (C=O) groups is 2. The number of hydrogen-bond acceptors (Lipinski definition) is 2. The van der Waals surface area contributed by atoms with Crippen molar-refractivity contribution in [2.75, 3.05) is 0 Å². The fourth-order valence-corrected chi connectivity index (χ4v) is 2.31. The zero-order valence-electron chi connectivity index (χ0n) is 6.30. The second-order valence-corrected chi connectivity index (χ2v) is 4.31. The molecule has 2 unspecified atom stereocenters. The van der Waals surface area contributed by atoms with Crippen molar-refractivity contribution in [2.24, 2.45) is 11.8 Å². The number of halogens is 2. The van der Waals surface area contributed by atoms with E-state index in [-0.39, 0.29) is 21.2 Å². The molecule has 66 valence electrons. The van der Waals surface area contributed by atoms with Crippen LogP contribution in [0.25, 0.3) is 0 Å². The van der Waals surface area contributed by atoms with Crippen LogP contribution in [0, 0.1) is 11.8 Å². The van der Waals surface area contributed by atoms with E-state index < -0.39 is 0 Å². The molecule has 1 rings (SSSR count). The van der Waals surface area contributed by atoms with Gasteiger partial charge in [-0.2, -0.15) is 0 Å². The molecule has 0 bridgehead atoms. The van der Waals surface area contributed by atoms with E-state index in [0.717, 1.165) is 12.8 Å². The lowest BCUT2D eigenvalue weighted by molar-refractivity contribution is -0.121. The summed E-state index contributed by atoms with van der Waals surface area (Å²) < 4.78 is -0.194. The van der Waals surface area contributed by atoms with Crippen LogP contribution in [0.4, 0.5) is 0 Å². The Bertz CT molecular complexity index is 235. The van der Waals surface area contributed by atoms with E-state index >= 15 is 0 Å². The van der Waals surface area contributed by atoms with Gasteiger partial charge in [-0.15, -0.1) is 0 Å². The van der Waals surface area contributed by atoms with Crippen molar-refractivity contribution in [3.8, 4) is 0 Å². The standard InChI is InChI=1S/C8H8Br2O2/c9-7(11)5-3-1-2-4-6(5)8(10)12/h1,3,5-6H,2,4H2. The molecular weight excluding hydrogens is 288 g/mol. The summed E-state index contributed by atoms with van der Waals surface area (Å²) >= 11 is 5.78. The summed E-state index contributed by atoms with van der Waals surface area (Å²) in [6.45, 7) is 0. The molecule has 0 fully saturated rings. The molecule has 4 heteroatoms. The average molecular weight is 296 g/mol. The Hall–Kier alpha value is 0.0400. The summed E-state index contributed by atoms with van der Waals surface area (Å²) in [6.07, 6.45) is 5.36. The van der Waals surface area contributed by atoms with E-state index in [2.05, 4.69) is 31.9 Å². The van der Waals surface area contributed by atoms with Gasteiger partial charge in [0.05, 0.1) is 5.92 Å². The van der Waals surface area contributed by atoms with E-state index in [1.54, 1.807) is 6.08 Å². The second-order valence-electron chi connectivity index (χ2n) is 2.75. The van der Waals surface area contributed by atoms with Crippen LogP contribution in [-0.4, -0.2) is 9.39 Å². The molecule has 1 aliphatic rings. The molecule has 0 spiro atoms. The van der Waals surface area contributed by atoms with Crippen molar-refractivity contribution in [1.82, 2.24) is 0 Å². The van der Waals surface area contributed by atoms with Crippen LogP contribution in [0.3, 0.4) is 0 Å². The molecule has 0 aliphatic heterocycles. The Morgan fingerprint density at radius 2 is 1.92 bits per heavy atom. The lowest BCUT2D eigenvalue weighted by Gasteiger charge is -2.21. The zero-order valence-corrected chi connectivity index (χ0v) is 9.47. The summed E-state index contributed by atoms with van der Waals surface area (Å²) in [5.74, 6) is -0.479. The van der Waals surface area contributed by atoms with Gasteiger partial charge in [-0.1, -0.05) is 12.2 Å². The number of allylic oxidation sites excluding steroid dienone is 2. The highest BCUT2D eigenvalue weighted by molar-refractivity contribution is 9.18. The highest BCUT2D eigenvalue weighted by Crippen LogP contribution is 2.29.